The van der Waals surface area contributed by atoms with Gasteiger partial charge >= 0.3 is 0 Å². The Hall–Kier alpha value is -2.71. The number of amides is 1. The highest BCUT2D eigenvalue weighted by Gasteiger charge is 2.46. The van der Waals surface area contributed by atoms with E-state index in [4.69, 9.17) is 4.42 Å². The molecule has 0 spiro atoms. The highest BCUT2D eigenvalue weighted by Crippen LogP contribution is 2.41. The van der Waals surface area contributed by atoms with Gasteiger partial charge in [-0.2, -0.15) is 0 Å². The maximum absolute atomic E-state index is 13.3. The van der Waals surface area contributed by atoms with Crippen LogP contribution in [-0.2, 0) is 11.3 Å². The van der Waals surface area contributed by atoms with Crippen molar-refractivity contribution in [2.45, 2.75) is 33.4 Å². The predicted molar refractivity (Wildman–Crippen MR) is 107 cm³/mol. The van der Waals surface area contributed by atoms with Gasteiger partial charge in [0.05, 0.1) is 27.7 Å². The Balaban J connectivity index is 1.81. The number of furan rings is 1. The molecule has 3 aromatic rings. The average Bonchev–Trinajstić information content (AvgIpc) is 3.41. The standard InChI is InChI=1S/C20H18N2O4S2/c1-10-6-7-14(26-10)16-15(17(23)19-11(2)21-12(3)28-19)18(24)20(25)22(16)9-13-5-4-8-27-13/h4-8,16,24H,9H2,1-3H3. The minimum absolute atomic E-state index is 0.0441. The number of thiophene rings is 1. The molecule has 144 valence electrons. The molecule has 4 heterocycles. The quantitative estimate of drug-likeness (QED) is 0.622. The van der Waals surface area contributed by atoms with Crippen LogP contribution >= 0.6 is 22.7 Å². The number of aryl methyl sites for hydroxylation is 3. The first-order valence-corrected chi connectivity index (χ1v) is 10.4. The second kappa shape index (κ2) is 7.03. The molecule has 1 N–H and O–H groups in total. The molecule has 3 aromatic heterocycles. The molecule has 0 fully saturated rings. The molecule has 1 unspecified atom stereocenters. The van der Waals surface area contributed by atoms with E-state index in [2.05, 4.69) is 4.98 Å². The first kappa shape index (κ1) is 18.6. The van der Waals surface area contributed by atoms with Crippen LogP contribution in [0.5, 0.6) is 0 Å². The molecule has 0 aromatic carbocycles. The third kappa shape index (κ3) is 3.08. The second-order valence-corrected chi connectivity index (χ2v) is 8.84. The number of aromatic nitrogens is 1. The Morgan fingerprint density at radius 2 is 2.07 bits per heavy atom. The third-order valence-electron chi connectivity index (χ3n) is 4.59. The first-order chi connectivity index (χ1) is 13.4. The molecule has 0 bridgehead atoms. The summed E-state index contributed by atoms with van der Waals surface area (Å²) in [6, 6.07) is 6.55. The van der Waals surface area contributed by atoms with Gasteiger partial charge in [0.2, 0.25) is 5.78 Å². The highest BCUT2D eigenvalue weighted by atomic mass is 32.1. The van der Waals surface area contributed by atoms with Gasteiger partial charge in [-0.25, -0.2) is 4.98 Å². The van der Waals surface area contributed by atoms with Gasteiger partial charge in [0.1, 0.15) is 17.6 Å². The smallest absolute Gasteiger partial charge is 0.290 e. The number of aliphatic hydroxyl groups is 1. The Bertz CT molecular complexity index is 1090. The van der Waals surface area contributed by atoms with Crippen LogP contribution in [0.3, 0.4) is 0 Å². The van der Waals surface area contributed by atoms with Gasteiger partial charge in [-0.3, -0.25) is 9.59 Å². The van der Waals surface area contributed by atoms with Crippen LogP contribution in [-0.4, -0.2) is 26.7 Å². The van der Waals surface area contributed by atoms with E-state index in [0.717, 1.165) is 9.88 Å². The van der Waals surface area contributed by atoms with Crippen molar-refractivity contribution in [3.63, 3.8) is 0 Å². The normalized spacial score (nSPS) is 17.0. The van der Waals surface area contributed by atoms with E-state index in [1.165, 1.54) is 27.6 Å². The molecule has 28 heavy (non-hydrogen) atoms. The van der Waals surface area contributed by atoms with Crippen LogP contribution < -0.4 is 0 Å². The maximum atomic E-state index is 13.3. The molecule has 1 aliphatic heterocycles. The minimum Gasteiger partial charge on any atom is -0.503 e. The van der Waals surface area contributed by atoms with Crippen molar-refractivity contribution in [3.05, 3.63) is 73.0 Å². The summed E-state index contributed by atoms with van der Waals surface area (Å²) in [6.45, 7) is 5.65. The Morgan fingerprint density at radius 1 is 1.29 bits per heavy atom. The summed E-state index contributed by atoms with van der Waals surface area (Å²) >= 11 is 2.77. The van der Waals surface area contributed by atoms with Crippen molar-refractivity contribution < 1.29 is 19.1 Å². The number of hydrogen-bond donors (Lipinski definition) is 1. The topological polar surface area (TPSA) is 83.6 Å². The van der Waals surface area contributed by atoms with Crippen molar-refractivity contribution in [3.8, 4) is 0 Å². The molecule has 0 saturated carbocycles. The van der Waals surface area contributed by atoms with E-state index in [1.807, 2.05) is 24.4 Å². The lowest BCUT2D eigenvalue weighted by Gasteiger charge is -2.24. The van der Waals surface area contributed by atoms with Crippen LogP contribution in [0, 0.1) is 20.8 Å². The molecule has 8 heteroatoms. The molecule has 1 amide bonds. The summed E-state index contributed by atoms with van der Waals surface area (Å²) < 4.78 is 5.77. The van der Waals surface area contributed by atoms with Crippen molar-refractivity contribution in [1.29, 1.82) is 0 Å². The molecular formula is C20H18N2O4S2. The fourth-order valence-corrected chi connectivity index (χ4v) is 4.96. The van der Waals surface area contributed by atoms with Crippen LogP contribution in [0.25, 0.3) is 0 Å². The lowest BCUT2D eigenvalue weighted by Crippen LogP contribution is -2.30. The molecular weight excluding hydrogens is 396 g/mol. The number of carbonyl (C=O) groups excluding carboxylic acids is 2. The van der Waals surface area contributed by atoms with Gasteiger partial charge in [-0.1, -0.05) is 6.07 Å². The Morgan fingerprint density at radius 3 is 2.64 bits per heavy atom. The minimum atomic E-state index is -0.780. The van der Waals surface area contributed by atoms with E-state index in [1.54, 1.807) is 26.0 Å². The van der Waals surface area contributed by atoms with Gasteiger partial charge < -0.3 is 14.4 Å². The van der Waals surface area contributed by atoms with Crippen molar-refractivity contribution in [2.75, 3.05) is 0 Å². The van der Waals surface area contributed by atoms with Crippen LogP contribution in [0.1, 0.15) is 42.8 Å². The second-order valence-electron chi connectivity index (χ2n) is 6.60. The molecule has 1 aliphatic rings. The summed E-state index contributed by atoms with van der Waals surface area (Å²) in [5.74, 6) is -0.363. The fourth-order valence-electron chi connectivity index (χ4n) is 3.38. The van der Waals surface area contributed by atoms with Crippen molar-refractivity contribution in [2.24, 2.45) is 0 Å². The first-order valence-electron chi connectivity index (χ1n) is 8.68. The van der Waals surface area contributed by atoms with E-state index in [0.29, 0.717) is 22.1 Å². The zero-order valence-corrected chi connectivity index (χ0v) is 17.2. The van der Waals surface area contributed by atoms with Crippen molar-refractivity contribution in [1.82, 2.24) is 9.88 Å². The zero-order valence-electron chi connectivity index (χ0n) is 15.6. The van der Waals surface area contributed by atoms with Gasteiger partial charge in [0.25, 0.3) is 5.91 Å². The van der Waals surface area contributed by atoms with E-state index >= 15 is 0 Å². The number of Topliss-reactive ketones (excluding diaryl/α,β-unsaturated/α-hetero) is 1. The monoisotopic (exact) mass is 414 g/mol. The van der Waals surface area contributed by atoms with Crippen LogP contribution in [0.2, 0.25) is 0 Å². The van der Waals surface area contributed by atoms with Crippen molar-refractivity contribution >= 4 is 34.4 Å². The molecule has 0 saturated heterocycles. The molecule has 1 atom stereocenters. The summed E-state index contributed by atoms with van der Waals surface area (Å²) in [6.07, 6.45) is 0. The van der Waals surface area contributed by atoms with E-state index < -0.39 is 17.7 Å². The number of carbonyl (C=O) groups is 2. The SMILES string of the molecule is Cc1ccc(C2C(C(=O)c3sc(C)nc3C)=C(O)C(=O)N2Cc2cccs2)o1. The summed E-state index contributed by atoms with van der Waals surface area (Å²) in [4.78, 5) is 33.4. The van der Waals surface area contributed by atoms with E-state index in [9.17, 15) is 14.7 Å². The van der Waals surface area contributed by atoms with Crippen LogP contribution in [0.4, 0.5) is 0 Å². The number of thiazole rings is 1. The Kier molecular flexibility index (Phi) is 4.68. The van der Waals surface area contributed by atoms with Gasteiger partial charge in [0.15, 0.2) is 5.76 Å². The molecule has 6 nitrogen and oxygen atoms in total. The van der Waals surface area contributed by atoms with E-state index in [-0.39, 0.29) is 17.9 Å². The lowest BCUT2D eigenvalue weighted by atomic mass is 9.99. The maximum Gasteiger partial charge on any atom is 0.290 e. The molecule has 0 radical (unpaired) electrons. The molecule has 4 rings (SSSR count). The fraction of sp³-hybridized carbons (Fsp3) is 0.250. The zero-order chi connectivity index (χ0) is 20.0. The lowest BCUT2D eigenvalue weighted by molar-refractivity contribution is -0.130. The predicted octanol–water partition coefficient (Wildman–Crippen LogP) is 4.50. The number of rotatable bonds is 5. The summed E-state index contributed by atoms with van der Waals surface area (Å²) in [5, 5.41) is 13.3. The average molecular weight is 415 g/mol. The van der Waals surface area contributed by atoms with Crippen LogP contribution in [0.15, 0.2) is 45.4 Å². The number of hydrogen-bond acceptors (Lipinski definition) is 7. The number of aliphatic hydroxyl groups excluding tert-OH is 1. The summed E-state index contributed by atoms with van der Waals surface area (Å²) in [7, 11) is 0. The summed E-state index contributed by atoms with van der Waals surface area (Å²) in [5.41, 5.74) is 0.633. The van der Waals surface area contributed by atoms with Gasteiger partial charge in [0, 0.05) is 4.88 Å². The molecule has 0 aliphatic carbocycles. The highest BCUT2D eigenvalue weighted by molar-refractivity contribution is 7.14. The Labute approximate surface area is 169 Å². The third-order valence-corrected chi connectivity index (χ3v) is 6.53. The number of nitrogens with zero attached hydrogens (tertiary/aromatic N) is 2. The van der Waals surface area contributed by atoms with Gasteiger partial charge in [-0.15, -0.1) is 22.7 Å². The number of ketones is 1. The largest absolute Gasteiger partial charge is 0.503 e. The van der Waals surface area contributed by atoms with Gasteiger partial charge in [-0.05, 0) is 44.4 Å².